The van der Waals surface area contributed by atoms with Crippen molar-refractivity contribution in [1.29, 1.82) is 0 Å². The van der Waals surface area contributed by atoms with E-state index in [1.54, 1.807) is 0 Å². The fraction of sp³-hybridized carbons (Fsp3) is 0.917. The van der Waals surface area contributed by atoms with Crippen molar-refractivity contribution < 1.29 is 92.6 Å². The van der Waals surface area contributed by atoms with Crippen LogP contribution in [0.15, 0.2) is 0 Å². The highest BCUT2D eigenvalue weighted by Gasteiger charge is 2.53. The number of carboxylic acids is 1. The average molecular weight is 576 g/mol. The SMILES string of the molecule is O=C([O-])C1OC(OC2C(COSOO[O-])OC(CO)C2OS(=O)(=O)[O-])C(OS(=O)(=O)[O-])C(O)C1O. The molecule has 2 aliphatic heterocycles. The van der Waals surface area contributed by atoms with Crippen LogP contribution in [-0.2, 0) is 61.7 Å². The van der Waals surface area contributed by atoms with Gasteiger partial charge in [0.15, 0.2) is 24.7 Å². The number of rotatable bonds is 13. The normalized spacial score (nSPS) is 36.3. The molecule has 23 heteroatoms. The number of aliphatic hydroxyl groups excluding tert-OH is 3. The second kappa shape index (κ2) is 12.6. The Morgan fingerprint density at radius 1 is 0.943 bits per heavy atom. The molecule has 2 fully saturated rings. The summed E-state index contributed by atoms with van der Waals surface area (Å²) in [4.78, 5) is 11.2. The number of carboxylic acid groups (broad SMARTS) is 1. The van der Waals surface area contributed by atoms with E-state index >= 15 is 0 Å². The van der Waals surface area contributed by atoms with Crippen molar-refractivity contribution in [2.24, 2.45) is 0 Å². The van der Waals surface area contributed by atoms with Gasteiger partial charge in [0, 0.05) is 0 Å². The van der Waals surface area contributed by atoms with Gasteiger partial charge in [-0.05, 0) is 0 Å². The van der Waals surface area contributed by atoms with Crippen LogP contribution in [0.25, 0.3) is 0 Å². The molecule has 20 nitrogen and oxygen atoms in total. The Bertz CT molecular complexity index is 908. The topological polar surface area (TPSA) is 312 Å². The molecule has 0 saturated carbocycles. The summed E-state index contributed by atoms with van der Waals surface area (Å²) >= 11 is -0.0644. The Kier molecular flexibility index (Phi) is 10.9. The predicted molar refractivity (Wildman–Crippen MR) is 91.2 cm³/mol. The highest BCUT2D eigenvalue weighted by Crippen LogP contribution is 2.33. The van der Waals surface area contributed by atoms with Crippen molar-refractivity contribution in [2.45, 2.75) is 55.1 Å². The first-order valence-electron chi connectivity index (χ1n) is 8.85. The van der Waals surface area contributed by atoms with Gasteiger partial charge in [-0.25, -0.2) is 16.8 Å². The van der Waals surface area contributed by atoms with Crippen LogP contribution in [0.5, 0.6) is 0 Å². The molecule has 0 bridgehead atoms. The highest BCUT2D eigenvalue weighted by atomic mass is 32.3. The number of hydrogen-bond donors (Lipinski definition) is 3. The lowest BCUT2D eigenvalue weighted by atomic mass is 9.98. The third-order valence-corrected chi connectivity index (χ3v) is 5.71. The van der Waals surface area contributed by atoms with Crippen LogP contribution in [-0.4, -0.2) is 116 Å². The summed E-state index contributed by atoms with van der Waals surface area (Å²) in [7, 11) is -11.2. The fourth-order valence-electron chi connectivity index (χ4n) is 3.16. The largest absolute Gasteiger partial charge is 0.726 e. The zero-order chi connectivity index (χ0) is 26.6. The van der Waals surface area contributed by atoms with E-state index in [0.717, 1.165) is 0 Å². The highest BCUT2D eigenvalue weighted by molar-refractivity contribution is 7.89. The van der Waals surface area contributed by atoms with Crippen LogP contribution in [0.3, 0.4) is 0 Å². The lowest BCUT2D eigenvalue weighted by Gasteiger charge is -2.43. The second-order valence-electron chi connectivity index (χ2n) is 6.65. The van der Waals surface area contributed by atoms with Crippen molar-refractivity contribution in [1.82, 2.24) is 0 Å². The summed E-state index contributed by atoms with van der Waals surface area (Å²) in [6.07, 6.45) is -19.3. The van der Waals surface area contributed by atoms with Gasteiger partial charge < -0.3 is 53.8 Å². The van der Waals surface area contributed by atoms with E-state index < -0.39 is 95.1 Å². The molecular formula is C12H16O20S3-4. The van der Waals surface area contributed by atoms with E-state index in [0.29, 0.717) is 0 Å². The second-order valence-corrected chi connectivity index (χ2v) is 9.17. The maximum atomic E-state index is 11.2. The first-order chi connectivity index (χ1) is 16.2. The van der Waals surface area contributed by atoms with Gasteiger partial charge >= 0.3 is 0 Å². The van der Waals surface area contributed by atoms with Gasteiger partial charge in [0.05, 0.1) is 19.2 Å². The minimum Gasteiger partial charge on any atom is -0.726 e. The molecule has 9 atom stereocenters. The molecule has 35 heavy (non-hydrogen) atoms. The van der Waals surface area contributed by atoms with Crippen molar-refractivity contribution in [3.05, 3.63) is 0 Å². The molecule has 0 aromatic carbocycles. The summed E-state index contributed by atoms with van der Waals surface area (Å²) in [6.45, 7) is -1.73. The lowest BCUT2D eigenvalue weighted by Crippen LogP contribution is -2.64. The Labute approximate surface area is 200 Å². The van der Waals surface area contributed by atoms with E-state index in [2.05, 4.69) is 17.7 Å². The van der Waals surface area contributed by atoms with Crippen LogP contribution in [0.4, 0.5) is 0 Å². The van der Waals surface area contributed by atoms with Crippen molar-refractivity contribution >= 4 is 39.1 Å². The zero-order valence-electron chi connectivity index (χ0n) is 16.6. The van der Waals surface area contributed by atoms with Crippen LogP contribution >= 0.6 is 12.3 Å². The third-order valence-electron chi connectivity index (χ3n) is 4.45. The Morgan fingerprint density at radius 2 is 1.54 bits per heavy atom. The molecule has 2 rings (SSSR count). The Hall–Kier alpha value is -0.840. The molecule has 0 aliphatic carbocycles. The monoisotopic (exact) mass is 576 g/mol. The molecule has 2 saturated heterocycles. The van der Waals surface area contributed by atoms with Gasteiger partial charge in [0.1, 0.15) is 42.7 Å². The number of aliphatic carboxylic acids is 1. The Morgan fingerprint density at radius 3 is 2.06 bits per heavy atom. The summed E-state index contributed by atoms with van der Waals surface area (Å²) in [6, 6.07) is 0. The number of aliphatic hydroxyl groups is 3. The maximum Gasteiger partial charge on any atom is 0.218 e. The van der Waals surface area contributed by atoms with Crippen LogP contribution in [0.2, 0.25) is 0 Å². The number of hydrogen-bond acceptors (Lipinski definition) is 21. The van der Waals surface area contributed by atoms with Crippen molar-refractivity contribution in [3.63, 3.8) is 0 Å². The lowest BCUT2D eigenvalue weighted by molar-refractivity contribution is -0.777. The standard InChI is InChI=1S/C12H20O20S3/c13-1-3-8(29-34(19,20)21)7(4(26-3)2-25-33-32-31-18)27-12-10(30-35(22,23)24)6(15)5(14)9(28-12)11(16)17/h3-10,12-15,18H,1-2H2,(H,16,17)(H,19,20,21)(H,22,23,24)/p-4. The molecule has 0 radical (unpaired) electrons. The molecular weight excluding hydrogens is 560 g/mol. The van der Waals surface area contributed by atoms with Gasteiger partial charge in [-0.1, -0.05) is 0 Å². The first-order valence-corrected chi connectivity index (χ1v) is 12.2. The summed E-state index contributed by atoms with van der Waals surface area (Å²) in [5, 5.41) is 53.5. The summed E-state index contributed by atoms with van der Waals surface area (Å²) in [5.41, 5.74) is 0. The van der Waals surface area contributed by atoms with Crippen LogP contribution in [0.1, 0.15) is 0 Å². The molecule has 2 heterocycles. The predicted octanol–water partition coefficient (Wildman–Crippen LogP) is -7.18. The van der Waals surface area contributed by atoms with Crippen LogP contribution in [0, 0.1) is 0 Å². The van der Waals surface area contributed by atoms with E-state index in [4.69, 9.17) is 18.4 Å². The van der Waals surface area contributed by atoms with Gasteiger partial charge in [-0.3, -0.25) is 17.6 Å². The molecule has 0 aromatic heterocycles. The number of carbonyl (C=O) groups excluding carboxylic acids is 1. The van der Waals surface area contributed by atoms with Gasteiger partial charge in [-0.15, -0.1) is 4.33 Å². The van der Waals surface area contributed by atoms with E-state index in [1.165, 1.54) is 0 Å². The molecule has 2 aliphatic rings. The summed E-state index contributed by atoms with van der Waals surface area (Å²) < 4.78 is 99.0. The number of carbonyl (C=O) groups is 1. The van der Waals surface area contributed by atoms with Gasteiger partial charge in [0.25, 0.3) is 0 Å². The molecule has 0 aromatic rings. The van der Waals surface area contributed by atoms with E-state index in [9.17, 15) is 56.4 Å². The maximum absolute atomic E-state index is 11.2. The van der Waals surface area contributed by atoms with Crippen molar-refractivity contribution in [2.75, 3.05) is 13.2 Å². The molecule has 0 spiro atoms. The summed E-state index contributed by atoms with van der Waals surface area (Å²) in [5.74, 6) is -2.13. The first kappa shape index (κ1) is 30.4. The van der Waals surface area contributed by atoms with Crippen LogP contribution < -0.4 is 10.4 Å². The molecule has 0 amide bonds. The van der Waals surface area contributed by atoms with E-state index in [1.807, 2.05) is 0 Å². The smallest absolute Gasteiger partial charge is 0.218 e. The van der Waals surface area contributed by atoms with E-state index in [-0.39, 0.29) is 12.3 Å². The number of ether oxygens (including phenoxy) is 3. The van der Waals surface area contributed by atoms with Gasteiger partial charge in [0.2, 0.25) is 20.8 Å². The minimum atomic E-state index is -5.66. The molecule has 3 N–H and O–H groups in total. The molecule has 9 unspecified atom stereocenters. The quantitative estimate of drug-likeness (QED) is 0.0457. The van der Waals surface area contributed by atoms with Crippen molar-refractivity contribution in [3.8, 4) is 0 Å². The zero-order valence-corrected chi connectivity index (χ0v) is 19.1. The minimum absolute atomic E-state index is 0.0644. The fourth-order valence-corrected chi connectivity index (χ4v) is 4.40. The average Bonchev–Trinajstić information content (AvgIpc) is 3.04. The third kappa shape index (κ3) is 8.61. The van der Waals surface area contributed by atoms with Gasteiger partial charge in [-0.2, -0.15) is 0 Å². The Balaban J connectivity index is 2.39. The molecule has 206 valence electrons.